The van der Waals surface area contributed by atoms with Crippen molar-refractivity contribution in [3.05, 3.63) is 48.0 Å². The zero-order valence-corrected chi connectivity index (χ0v) is 18.4. The first-order chi connectivity index (χ1) is 15.0. The molecule has 166 valence electrons. The molecule has 1 aliphatic heterocycles. The number of nitrogens with one attached hydrogen (secondary N) is 2. The highest BCUT2D eigenvalue weighted by molar-refractivity contribution is 5.95. The lowest BCUT2D eigenvalue weighted by Crippen LogP contribution is -2.36. The number of hydrogen-bond acceptors (Lipinski definition) is 5. The van der Waals surface area contributed by atoms with Gasteiger partial charge in [0.2, 0.25) is 11.8 Å². The predicted octanol–water partition coefficient (Wildman–Crippen LogP) is 4.22. The average Bonchev–Trinajstić information content (AvgIpc) is 2.99. The molecule has 1 atom stereocenters. The summed E-state index contributed by atoms with van der Waals surface area (Å²) in [5.41, 5.74) is 2.34. The molecule has 0 saturated carbocycles. The molecule has 1 unspecified atom stereocenters. The van der Waals surface area contributed by atoms with E-state index in [4.69, 9.17) is 9.47 Å². The number of ether oxygens (including phenoxy) is 2. The summed E-state index contributed by atoms with van der Waals surface area (Å²) in [6.07, 6.45) is 4.39. The van der Waals surface area contributed by atoms with E-state index in [1.165, 1.54) is 12.5 Å². The maximum absolute atomic E-state index is 13.0. The molecule has 2 N–H and O–H groups in total. The van der Waals surface area contributed by atoms with E-state index in [1.807, 2.05) is 12.1 Å². The minimum absolute atomic E-state index is 0.112. The molecule has 1 aliphatic rings. The van der Waals surface area contributed by atoms with Crippen LogP contribution in [0.25, 0.3) is 0 Å². The van der Waals surface area contributed by atoms with Crippen LogP contribution in [0.1, 0.15) is 44.2 Å². The van der Waals surface area contributed by atoms with Gasteiger partial charge >= 0.3 is 0 Å². The van der Waals surface area contributed by atoms with E-state index in [1.54, 1.807) is 32.4 Å². The van der Waals surface area contributed by atoms with Crippen LogP contribution in [-0.2, 0) is 9.59 Å². The maximum Gasteiger partial charge on any atom is 0.238 e. The third-order valence-electron chi connectivity index (χ3n) is 5.50. The SMILES string of the molecule is COc1ccc(C2CCCCCN2CC(=O)Nc2cc(NC(C)=O)ccc2OC)cc1. The maximum atomic E-state index is 13.0. The van der Waals surface area contributed by atoms with E-state index in [-0.39, 0.29) is 24.4 Å². The molecule has 0 aliphatic carbocycles. The topological polar surface area (TPSA) is 79.9 Å². The Morgan fingerprint density at radius 2 is 1.77 bits per heavy atom. The number of hydrogen-bond donors (Lipinski definition) is 2. The fourth-order valence-electron chi connectivity index (χ4n) is 4.02. The van der Waals surface area contributed by atoms with Gasteiger partial charge in [-0.1, -0.05) is 25.0 Å². The molecule has 7 heteroatoms. The summed E-state index contributed by atoms with van der Waals surface area (Å²) in [5, 5.41) is 5.69. The Balaban J connectivity index is 1.74. The number of methoxy groups -OCH3 is 2. The van der Waals surface area contributed by atoms with Crippen molar-refractivity contribution in [1.82, 2.24) is 4.90 Å². The van der Waals surface area contributed by atoms with E-state index < -0.39 is 0 Å². The van der Waals surface area contributed by atoms with Gasteiger partial charge in [-0.15, -0.1) is 0 Å². The lowest BCUT2D eigenvalue weighted by Gasteiger charge is -2.30. The van der Waals surface area contributed by atoms with Crippen molar-refractivity contribution in [2.45, 2.75) is 38.6 Å². The molecule has 3 rings (SSSR count). The average molecular weight is 426 g/mol. The first-order valence-corrected chi connectivity index (χ1v) is 10.6. The molecule has 0 radical (unpaired) electrons. The van der Waals surface area contributed by atoms with E-state index in [0.29, 0.717) is 17.1 Å². The van der Waals surface area contributed by atoms with E-state index in [2.05, 4.69) is 27.7 Å². The van der Waals surface area contributed by atoms with Gasteiger partial charge in [-0.2, -0.15) is 0 Å². The highest BCUT2D eigenvalue weighted by Gasteiger charge is 2.25. The standard InChI is InChI=1S/C24H31N3O4/c1-17(28)25-19-10-13-23(31-3)21(15-19)26-24(29)16-27-14-6-4-5-7-22(27)18-8-11-20(30-2)12-9-18/h8-13,15,22H,4-7,14,16H2,1-3H3,(H,25,28)(H,26,29). The van der Waals surface area contributed by atoms with Crippen LogP contribution < -0.4 is 20.1 Å². The molecular weight excluding hydrogens is 394 g/mol. The van der Waals surface area contributed by atoms with Crippen LogP contribution in [-0.4, -0.2) is 44.0 Å². The summed E-state index contributed by atoms with van der Waals surface area (Å²) in [4.78, 5) is 26.6. The van der Waals surface area contributed by atoms with Crippen molar-refractivity contribution in [3.8, 4) is 11.5 Å². The van der Waals surface area contributed by atoms with Crippen molar-refractivity contribution >= 4 is 23.2 Å². The first kappa shape index (κ1) is 22.6. The van der Waals surface area contributed by atoms with Crippen LogP contribution in [0.4, 0.5) is 11.4 Å². The molecule has 2 amide bonds. The number of carbonyl (C=O) groups excluding carboxylic acids is 2. The van der Waals surface area contributed by atoms with Gasteiger partial charge in [0.1, 0.15) is 11.5 Å². The molecule has 0 spiro atoms. The lowest BCUT2D eigenvalue weighted by atomic mass is 10.0. The van der Waals surface area contributed by atoms with Crippen LogP contribution in [0.15, 0.2) is 42.5 Å². The van der Waals surface area contributed by atoms with E-state index >= 15 is 0 Å². The van der Waals surface area contributed by atoms with Crippen LogP contribution in [0, 0.1) is 0 Å². The Morgan fingerprint density at radius 1 is 1.00 bits per heavy atom. The second kappa shape index (κ2) is 10.8. The number of benzene rings is 2. The molecule has 2 aromatic carbocycles. The fourth-order valence-corrected chi connectivity index (χ4v) is 4.02. The minimum atomic E-state index is -0.172. The Morgan fingerprint density at radius 3 is 2.45 bits per heavy atom. The number of amides is 2. The number of carbonyl (C=O) groups is 2. The summed E-state index contributed by atoms with van der Waals surface area (Å²) in [6.45, 7) is 2.60. The minimum Gasteiger partial charge on any atom is -0.497 e. The molecule has 1 saturated heterocycles. The first-order valence-electron chi connectivity index (χ1n) is 10.6. The lowest BCUT2D eigenvalue weighted by molar-refractivity contribution is -0.118. The van der Waals surface area contributed by atoms with E-state index in [0.717, 1.165) is 38.0 Å². The van der Waals surface area contributed by atoms with Gasteiger partial charge in [0.05, 0.1) is 26.5 Å². The van der Waals surface area contributed by atoms with Crippen molar-refractivity contribution < 1.29 is 19.1 Å². The fraction of sp³-hybridized carbons (Fsp3) is 0.417. The van der Waals surface area contributed by atoms with Crippen LogP contribution in [0.3, 0.4) is 0 Å². The summed E-state index contributed by atoms with van der Waals surface area (Å²) in [6, 6.07) is 13.5. The summed E-state index contributed by atoms with van der Waals surface area (Å²) >= 11 is 0. The van der Waals surface area contributed by atoms with Gasteiger partial charge in [0.25, 0.3) is 0 Å². The molecule has 0 aromatic heterocycles. The van der Waals surface area contributed by atoms with Gasteiger partial charge in [0.15, 0.2) is 0 Å². The second-order valence-corrected chi connectivity index (χ2v) is 7.75. The summed E-state index contributed by atoms with van der Waals surface area (Å²) in [7, 11) is 3.21. The van der Waals surface area contributed by atoms with Crippen LogP contribution in [0.5, 0.6) is 11.5 Å². The molecule has 1 fully saturated rings. The Labute approximate surface area is 183 Å². The zero-order valence-electron chi connectivity index (χ0n) is 18.4. The van der Waals surface area contributed by atoms with Crippen molar-refractivity contribution in [2.24, 2.45) is 0 Å². The molecule has 2 aromatic rings. The Kier molecular flexibility index (Phi) is 7.89. The molecule has 31 heavy (non-hydrogen) atoms. The van der Waals surface area contributed by atoms with Gasteiger partial charge in [0, 0.05) is 18.7 Å². The smallest absolute Gasteiger partial charge is 0.238 e. The second-order valence-electron chi connectivity index (χ2n) is 7.75. The normalized spacial score (nSPS) is 16.8. The number of rotatable bonds is 7. The molecule has 1 heterocycles. The number of nitrogens with zero attached hydrogens (tertiary/aromatic N) is 1. The van der Waals surface area contributed by atoms with Gasteiger partial charge < -0.3 is 20.1 Å². The van der Waals surface area contributed by atoms with Crippen molar-refractivity contribution in [1.29, 1.82) is 0 Å². The Hall–Kier alpha value is -3.06. The largest absolute Gasteiger partial charge is 0.497 e. The summed E-state index contributed by atoms with van der Waals surface area (Å²) < 4.78 is 10.7. The van der Waals surface area contributed by atoms with E-state index in [9.17, 15) is 9.59 Å². The number of anilines is 2. The van der Waals surface area contributed by atoms with Gasteiger partial charge in [-0.05, 0) is 55.3 Å². The van der Waals surface area contributed by atoms with Crippen LogP contribution >= 0.6 is 0 Å². The van der Waals surface area contributed by atoms with Crippen molar-refractivity contribution in [3.63, 3.8) is 0 Å². The molecular formula is C24H31N3O4. The quantitative estimate of drug-likeness (QED) is 0.694. The van der Waals surface area contributed by atoms with Crippen LogP contribution in [0.2, 0.25) is 0 Å². The molecule has 7 nitrogen and oxygen atoms in total. The molecule has 0 bridgehead atoms. The van der Waals surface area contributed by atoms with Crippen molar-refractivity contribution in [2.75, 3.05) is 37.9 Å². The van der Waals surface area contributed by atoms with Gasteiger partial charge in [-0.25, -0.2) is 0 Å². The Bertz CT molecular complexity index is 898. The highest BCUT2D eigenvalue weighted by Crippen LogP contribution is 2.32. The monoisotopic (exact) mass is 425 g/mol. The predicted molar refractivity (Wildman–Crippen MR) is 122 cm³/mol. The highest BCUT2D eigenvalue weighted by atomic mass is 16.5. The third-order valence-corrected chi connectivity index (χ3v) is 5.50. The third kappa shape index (κ3) is 6.21. The zero-order chi connectivity index (χ0) is 22.2. The number of likely N-dealkylation sites (tertiary alicyclic amines) is 1. The van der Waals surface area contributed by atoms with Gasteiger partial charge in [-0.3, -0.25) is 14.5 Å². The summed E-state index contributed by atoms with van der Waals surface area (Å²) in [5.74, 6) is 1.09.